The average molecular weight is 272 g/mol. The van der Waals surface area contributed by atoms with Crippen LogP contribution in [0.15, 0.2) is 10.8 Å². The Bertz CT molecular complexity index is 327. The zero-order chi connectivity index (χ0) is 10.8. The first-order chi connectivity index (χ1) is 7.20. The Morgan fingerprint density at radius 3 is 2.53 bits per heavy atom. The van der Waals surface area contributed by atoms with Crippen LogP contribution < -0.4 is 4.90 Å². The van der Waals surface area contributed by atoms with Gasteiger partial charge < -0.3 is 9.47 Å². The van der Waals surface area contributed by atoms with Crippen molar-refractivity contribution in [3.63, 3.8) is 0 Å². The third kappa shape index (κ3) is 2.19. The van der Waals surface area contributed by atoms with E-state index in [1.807, 2.05) is 6.20 Å². The summed E-state index contributed by atoms with van der Waals surface area (Å²) in [5.41, 5.74) is 0. The van der Waals surface area contributed by atoms with E-state index in [4.69, 9.17) is 0 Å². The summed E-state index contributed by atoms with van der Waals surface area (Å²) in [7, 11) is 0. The fraction of sp³-hybridized carbons (Fsp3) is 0.727. The van der Waals surface area contributed by atoms with E-state index in [9.17, 15) is 0 Å². The van der Waals surface area contributed by atoms with Crippen LogP contribution in [-0.4, -0.2) is 22.6 Å². The molecule has 0 bridgehead atoms. The van der Waals surface area contributed by atoms with E-state index in [1.165, 1.54) is 19.3 Å². The van der Waals surface area contributed by atoms with E-state index in [0.29, 0.717) is 6.04 Å². The second kappa shape index (κ2) is 4.56. The van der Waals surface area contributed by atoms with Crippen LogP contribution in [0.3, 0.4) is 0 Å². The van der Waals surface area contributed by atoms with Gasteiger partial charge in [0.25, 0.3) is 0 Å². The zero-order valence-electron chi connectivity index (χ0n) is 9.41. The molecule has 84 valence electrons. The van der Waals surface area contributed by atoms with E-state index in [-0.39, 0.29) is 0 Å². The predicted molar refractivity (Wildman–Crippen MR) is 66.4 cm³/mol. The van der Waals surface area contributed by atoms with Crippen molar-refractivity contribution < 1.29 is 0 Å². The molecule has 0 radical (unpaired) electrons. The monoisotopic (exact) mass is 271 g/mol. The van der Waals surface area contributed by atoms with E-state index < -0.39 is 0 Å². The largest absolute Gasteiger partial charge is 0.342 e. The number of anilines is 1. The molecule has 1 aliphatic rings. The van der Waals surface area contributed by atoms with Crippen LogP contribution in [0.1, 0.15) is 39.2 Å². The van der Waals surface area contributed by atoms with E-state index in [2.05, 4.69) is 44.2 Å². The van der Waals surface area contributed by atoms with Crippen molar-refractivity contribution in [3.8, 4) is 0 Å². The third-order valence-corrected chi connectivity index (χ3v) is 3.47. The topological polar surface area (TPSA) is 21.1 Å². The highest BCUT2D eigenvalue weighted by Gasteiger charge is 2.18. The van der Waals surface area contributed by atoms with Gasteiger partial charge >= 0.3 is 0 Å². The third-order valence-electron chi connectivity index (χ3n) is 2.89. The van der Waals surface area contributed by atoms with Crippen LogP contribution in [0, 0.1) is 0 Å². The van der Waals surface area contributed by atoms with Crippen molar-refractivity contribution in [2.75, 3.05) is 18.0 Å². The first kappa shape index (κ1) is 11.0. The Kier molecular flexibility index (Phi) is 3.34. The first-order valence-electron chi connectivity index (χ1n) is 5.68. The number of aromatic nitrogens is 2. The Morgan fingerprint density at radius 1 is 1.27 bits per heavy atom. The molecule has 1 saturated heterocycles. The predicted octanol–water partition coefficient (Wildman–Crippen LogP) is 3.22. The molecule has 0 atom stereocenters. The van der Waals surface area contributed by atoms with Crippen molar-refractivity contribution in [2.24, 2.45) is 0 Å². The van der Waals surface area contributed by atoms with Gasteiger partial charge in [0.15, 0.2) is 0 Å². The zero-order valence-corrected chi connectivity index (χ0v) is 11.0. The number of imidazole rings is 1. The van der Waals surface area contributed by atoms with Gasteiger partial charge in [-0.2, -0.15) is 0 Å². The van der Waals surface area contributed by atoms with Gasteiger partial charge in [-0.25, -0.2) is 4.98 Å². The fourth-order valence-electron chi connectivity index (χ4n) is 2.14. The van der Waals surface area contributed by atoms with Crippen molar-refractivity contribution in [2.45, 2.75) is 39.2 Å². The Balaban J connectivity index is 2.26. The summed E-state index contributed by atoms with van der Waals surface area (Å²) in [6.07, 6.45) is 5.86. The van der Waals surface area contributed by atoms with Crippen LogP contribution in [0.25, 0.3) is 0 Å². The summed E-state index contributed by atoms with van der Waals surface area (Å²) in [6, 6.07) is 0.457. The quantitative estimate of drug-likeness (QED) is 0.824. The molecule has 0 amide bonds. The molecule has 4 heteroatoms. The Hall–Kier alpha value is -0.510. The highest BCUT2D eigenvalue weighted by molar-refractivity contribution is 9.10. The van der Waals surface area contributed by atoms with Gasteiger partial charge in [-0.1, -0.05) is 0 Å². The highest BCUT2D eigenvalue weighted by atomic mass is 79.9. The molecule has 0 unspecified atom stereocenters. The number of hydrogen-bond donors (Lipinski definition) is 0. The van der Waals surface area contributed by atoms with E-state index in [0.717, 1.165) is 23.6 Å². The van der Waals surface area contributed by atoms with Crippen molar-refractivity contribution >= 4 is 21.9 Å². The van der Waals surface area contributed by atoms with Gasteiger partial charge in [-0.05, 0) is 49.0 Å². The molecule has 1 aromatic heterocycles. The lowest BCUT2D eigenvalue weighted by Gasteiger charge is -2.29. The second-order valence-electron chi connectivity index (χ2n) is 4.39. The summed E-state index contributed by atoms with van der Waals surface area (Å²) in [5, 5.41) is 0. The molecule has 0 N–H and O–H groups in total. The van der Waals surface area contributed by atoms with Gasteiger partial charge in [-0.15, -0.1) is 0 Å². The Morgan fingerprint density at radius 2 is 1.93 bits per heavy atom. The maximum Gasteiger partial charge on any atom is 0.206 e. The molecule has 2 heterocycles. The number of rotatable bonds is 2. The molecule has 1 aromatic rings. The number of halogens is 1. The molecule has 1 aliphatic heterocycles. The van der Waals surface area contributed by atoms with Crippen LogP contribution in [0.5, 0.6) is 0 Å². The Labute approximate surface area is 99.6 Å². The minimum absolute atomic E-state index is 0.457. The molecule has 0 aliphatic carbocycles. The summed E-state index contributed by atoms with van der Waals surface area (Å²) in [5.74, 6) is 1.12. The van der Waals surface area contributed by atoms with E-state index in [1.54, 1.807) is 0 Å². The van der Waals surface area contributed by atoms with Gasteiger partial charge in [0.05, 0.1) is 6.20 Å². The second-order valence-corrected chi connectivity index (χ2v) is 5.20. The van der Waals surface area contributed by atoms with Crippen LogP contribution in [0.4, 0.5) is 5.95 Å². The number of hydrogen-bond acceptors (Lipinski definition) is 2. The maximum absolute atomic E-state index is 4.50. The lowest BCUT2D eigenvalue weighted by Crippen LogP contribution is -2.32. The van der Waals surface area contributed by atoms with Crippen molar-refractivity contribution in [3.05, 3.63) is 10.8 Å². The molecule has 0 saturated carbocycles. The SMILES string of the molecule is CC(C)n1c(Br)cnc1N1CCCCC1. The first-order valence-corrected chi connectivity index (χ1v) is 6.47. The molecule has 2 rings (SSSR count). The maximum atomic E-state index is 4.50. The molecule has 0 aromatic carbocycles. The molecular formula is C11H18BrN3. The average Bonchev–Trinajstić information content (AvgIpc) is 2.61. The number of piperidine rings is 1. The summed E-state index contributed by atoms with van der Waals surface area (Å²) in [6.45, 7) is 6.69. The highest BCUT2D eigenvalue weighted by Crippen LogP contribution is 2.26. The van der Waals surface area contributed by atoms with Crippen molar-refractivity contribution in [1.29, 1.82) is 0 Å². The van der Waals surface area contributed by atoms with Gasteiger partial charge in [0, 0.05) is 19.1 Å². The molecule has 0 spiro atoms. The molecule has 1 fully saturated rings. The molecule has 15 heavy (non-hydrogen) atoms. The molecular weight excluding hydrogens is 254 g/mol. The normalized spacial score (nSPS) is 17.5. The fourth-order valence-corrected chi connectivity index (χ4v) is 2.81. The van der Waals surface area contributed by atoms with Gasteiger partial charge in [-0.3, -0.25) is 0 Å². The van der Waals surface area contributed by atoms with E-state index >= 15 is 0 Å². The minimum atomic E-state index is 0.457. The van der Waals surface area contributed by atoms with Crippen molar-refractivity contribution in [1.82, 2.24) is 9.55 Å². The lowest BCUT2D eigenvalue weighted by molar-refractivity contribution is 0.529. The summed E-state index contributed by atoms with van der Waals surface area (Å²) < 4.78 is 3.34. The summed E-state index contributed by atoms with van der Waals surface area (Å²) in [4.78, 5) is 6.90. The smallest absolute Gasteiger partial charge is 0.206 e. The number of nitrogens with zero attached hydrogens (tertiary/aromatic N) is 3. The van der Waals surface area contributed by atoms with Crippen LogP contribution in [0.2, 0.25) is 0 Å². The summed E-state index contributed by atoms with van der Waals surface area (Å²) >= 11 is 3.56. The lowest BCUT2D eigenvalue weighted by atomic mass is 10.1. The van der Waals surface area contributed by atoms with Gasteiger partial charge in [0.2, 0.25) is 5.95 Å². The van der Waals surface area contributed by atoms with Crippen LogP contribution in [-0.2, 0) is 0 Å². The standard InChI is InChI=1S/C11H18BrN3/c1-9(2)15-10(12)8-13-11(15)14-6-4-3-5-7-14/h8-9H,3-7H2,1-2H3. The molecule has 3 nitrogen and oxygen atoms in total. The minimum Gasteiger partial charge on any atom is -0.342 e. The van der Waals surface area contributed by atoms with Gasteiger partial charge in [0.1, 0.15) is 4.60 Å². The van der Waals surface area contributed by atoms with Crippen LogP contribution >= 0.6 is 15.9 Å².